The van der Waals surface area contributed by atoms with E-state index in [9.17, 15) is 9.59 Å². The second-order valence-corrected chi connectivity index (χ2v) is 6.92. The first-order valence-electron chi connectivity index (χ1n) is 8.08. The van der Waals surface area contributed by atoms with E-state index in [0.29, 0.717) is 24.2 Å². The monoisotopic (exact) mass is 404 g/mol. The van der Waals surface area contributed by atoms with Crippen molar-refractivity contribution in [3.05, 3.63) is 50.3 Å². The zero-order valence-corrected chi connectivity index (χ0v) is 15.3. The number of benzene rings is 1. The molecule has 0 aliphatic carbocycles. The van der Waals surface area contributed by atoms with Gasteiger partial charge in [0, 0.05) is 20.1 Å². The Morgan fingerprint density at radius 2 is 2.04 bits per heavy atom. The van der Waals surface area contributed by atoms with Gasteiger partial charge in [0.15, 0.2) is 0 Å². The lowest BCUT2D eigenvalue weighted by atomic mass is 9.97. The minimum atomic E-state index is -0.283. The van der Waals surface area contributed by atoms with Gasteiger partial charge in [0.1, 0.15) is 11.1 Å². The summed E-state index contributed by atoms with van der Waals surface area (Å²) >= 11 is 3.40. The number of hydrogen-bond donors (Lipinski definition) is 0. The quantitative estimate of drug-likeness (QED) is 0.766. The summed E-state index contributed by atoms with van der Waals surface area (Å²) in [7, 11) is 1.63. The molecule has 8 heteroatoms. The third-order valence-corrected chi connectivity index (χ3v) is 5.44. The molecule has 2 aliphatic rings. The van der Waals surface area contributed by atoms with Crippen LogP contribution in [-0.4, -0.2) is 35.6 Å². The minimum absolute atomic E-state index is 0.156. The van der Waals surface area contributed by atoms with Gasteiger partial charge in [0.2, 0.25) is 0 Å². The number of halogens is 1. The first-order valence-corrected chi connectivity index (χ1v) is 8.87. The number of anilines is 2. The molecule has 25 heavy (non-hydrogen) atoms. The molecule has 0 atom stereocenters. The SMILES string of the molecule is Cn1ncc(N2CCc3c(cccc3N3CCOC3=O)C2)c(Br)c1=O. The van der Waals surface area contributed by atoms with Crippen LogP contribution in [0.2, 0.25) is 0 Å². The molecule has 0 unspecified atom stereocenters. The number of ether oxygens (including phenoxy) is 1. The van der Waals surface area contributed by atoms with Crippen LogP contribution in [0.5, 0.6) is 0 Å². The van der Waals surface area contributed by atoms with Crippen molar-refractivity contribution in [3.63, 3.8) is 0 Å². The summed E-state index contributed by atoms with van der Waals surface area (Å²) in [5.41, 5.74) is 3.89. The number of nitrogens with zero attached hydrogens (tertiary/aromatic N) is 4. The topological polar surface area (TPSA) is 67.7 Å². The molecule has 3 heterocycles. The molecule has 130 valence electrons. The van der Waals surface area contributed by atoms with Crippen molar-refractivity contribution in [1.82, 2.24) is 9.78 Å². The second-order valence-electron chi connectivity index (χ2n) is 6.12. The molecule has 0 saturated carbocycles. The van der Waals surface area contributed by atoms with Crippen molar-refractivity contribution < 1.29 is 9.53 Å². The number of fused-ring (bicyclic) bond motifs is 1. The molecule has 7 nitrogen and oxygen atoms in total. The third kappa shape index (κ3) is 2.70. The van der Waals surface area contributed by atoms with Crippen molar-refractivity contribution in [2.45, 2.75) is 13.0 Å². The van der Waals surface area contributed by atoms with Crippen LogP contribution in [0.4, 0.5) is 16.2 Å². The predicted octanol–water partition coefficient (Wildman–Crippen LogP) is 2.06. The average molecular weight is 405 g/mol. The fourth-order valence-corrected chi connectivity index (χ4v) is 3.99. The Bertz CT molecular complexity index is 911. The zero-order valence-electron chi connectivity index (χ0n) is 13.7. The van der Waals surface area contributed by atoms with Crippen LogP contribution >= 0.6 is 15.9 Å². The highest BCUT2D eigenvalue weighted by Gasteiger charge is 2.29. The summed E-state index contributed by atoms with van der Waals surface area (Å²) in [6.45, 7) is 2.43. The number of carbonyl (C=O) groups is 1. The van der Waals surface area contributed by atoms with Crippen LogP contribution in [0, 0.1) is 0 Å². The van der Waals surface area contributed by atoms with Gasteiger partial charge in [-0.3, -0.25) is 9.69 Å². The van der Waals surface area contributed by atoms with Crippen molar-refractivity contribution in [2.75, 3.05) is 29.5 Å². The van der Waals surface area contributed by atoms with Crippen molar-refractivity contribution in [3.8, 4) is 0 Å². The second kappa shape index (κ2) is 6.18. The van der Waals surface area contributed by atoms with E-state index in [-0.39, 0.29) is 11.7 Å². The smallest absolute Gasteiger partial charge is 0.414 e. The predicted molar refractivity (Wildman–Crippen MR) is 97.1 cm³/mol. The van der Waals surface area contributed by atoms with Gasteiger partial charge in [-0.05, 0) is 39.5 Å². The molecule has 1 saturated heterocycles. The summed E-state index contributed by atoms with van der Waals surface area (Å²) in [5, 5.41) is 4.12. The van der Waals surface area contributed by atoms with Crippen LogP contribution in [-0.2, 0) is 24.8 Å². The van der Waals surface area contributed by atoms with E-state index in [4.69, 9.17) is 4.74 Å². The lowest BCUT2D eigenvalue weighted by molar-refractivity contribution is 0.181. The molecule has 1 aromatic carbocycles. The first-order chi connectivity index (χ1) is 12.1. The molecular formula is C17H17BrN4O3. The molecule has 0 spiro atoms. The molecule has 1 aromatic heterocycles. The van der Waals surface area contributed by atoms with E-state index in [0.717, 1.165) is 29.9 Å². The van der Waals surface area contributed by atoms with E-state index in [1.54, 1.807) is 18.1 Å². The fourth-order valence-electron chi connectivity index (χ4n) is 3.38. The Labute approximate surface area is 152 Å². The summed E-state index contributed by atoms with van der Waals surface area (Å²) in [6, 6.07) is 5.99. The van der Waals surface area contributed by atoms with Gasteiger partial charge >= 0.3 is 6.09 Å². The zero-order chi connectivity index (χ0) is 17.6. The van der Waals surface area contributed by atoms with Crippen LogP contribution in [0.1, 0.15) is 11.1 Å². The minimum Gasteiger partial charge on any atom is -0.447 e. The van der Waals surface area contributed by atoms with Gasteiger partial charge in [0.25, 0.3) is 5.56 Å². The average Bonchev–Trinajstić information content (AvgIpc) is 3.04. The maximum atomic E-state index is 12.1. The van der Waals surface area contributed by atoms with Crippen LogP contribution in [0.15, 0.2) is 33.7 Å². The Hall–Kier alpha value is -2.35. The van der Waals surface area contributed by atoms with E-state index < -0.39 is 0 Å². The van der Waals surface area contributed by atoms with E-state index in [2.05, 4.69) is 32.0 Å². The van der Waals surface area contributed by atoms with E-state index in [1.165, 1.54) is 10.2 Å². The fraction of sp³-hybridized carbons (Fsp3) is 0.353. The lowest BCUT2D eigenvalue weighted by Gasteiger charge is -2.33. The summed E-state index contributed by atoms with van der Waals surface area (Å²) < 4.78 is 6.90. The molecule has 0 radical (unpaired) electrons. The number of rotatable bonds is 2. The Morgan fingerprint density at radius 1 is 1.20 bits per heavy atom. The standard InChI is InChI=1S/C17H17BrN4O3/c1-20-16(23)15(18)14(9-19-20)21-6-5-12-11(10-21)3-2-4-13(12)22-7-8-25-17(22)24/h2-4,9H,5-8,10H2,1H3. The maximum absolute atomic E-state index is 12.1. The van der Waals surface area contributed by atoms with E-state index in [1.807, 2.05) is 12.1 Å². The van der Waals surface area contributed by atoms with Crippen molar-refractivity contribution in [1.29, 1.82) is 0 Å². The van der Waals surface area contributed by atoms with Gasteiger partial charge < -0.3 is 9.64 Å². The number of hydrogen-bond acceptors (Lipinski definition) is 5. The largest absolute Gasteiger partial charge is 0.447 e. The Balaban J connectivity index is 1.68. The van der Waals surface area contributed by atoms with Crippen molar-refractivity contribution >= 4 is 33.4 Å². The van der Waals surface area contributed by atoms with Crippen LogP contribution < -0.4 is 15.4 Å². The van der Waals surface area contributed by atoms with Gasteiger partial charge in [0.05, 0.1) is 24.1 Å². The highest BCUT2D eigenvalue weighted by atomic mass is 79.9. The number of aryl methyl sites for hydroxylation is 1. The molecule has 0 bridgehead atoms. The number of amides is 1. The molecule has 0 N–H and O–H groups in total. The van der Waals surface area contributed by atoms with Gasteiger partial charge in [-0.2, -0.15) is 5.10 Å². The highest BCUT2D eigenvalue weighted by Crippen LogP contribution is 2.33. The molecule has 2 aromatic rings. The molecule has 1 fully saturated rings. The third-order valence-electron chi connectivity index (χ3n) is 4.69. The van der Waals surface area contributed by atoms with Gasteiger partial charge in [-0.25, -0.2) is 9.48 Å². The maximum Gasteiger partial charge on any atom is 0.414 e. The summed E-state index contributed by atoms with van der Waals surface area (Å²) in [5.74, 6) is 0. The number of cyclic esters (lactones) is 1. The molecule has 4 rings (SSSR count). The molecule has 1 amide bonds. The van der Waals surface area contributed by atoms with Crippen molar-refractivity contribution in [2.24, 2.45) is 7.05 Å². The van der Waals surface area contributed by atoms with E-state index >= 15 is 0 Å². The first kappa shape index (κ1) is 16.1. The normalized spacial score (nSPS) is 16.8. The van der Waals surface area contributed by atoms with Gasteiger partial charge in [-0.15, -0.1) is 0 Å². The lowest BCUT2D eigenvalue weighted by Crippen LogP contribution is -2.34. The van der Waals surface area contributed by atoms with Crippen LogP contribution in [0.3, 0.4) is 0 Å². The molecular weight excluding hydrogens is 388 g/mol. The van der Waals surface area contributed by atoms with Gasteiger partial charge in [-0.1, -0.05) is 12.1 Å². The summed E-state index contributed by atoms with van der Waals surface area (Å²) in [4.78, 5) is 27.8. The van der Waals surface area contributed by atoms with Crippen LogP contribution in [0.25, 0.3) is 0 Å². The number of carbonyl (C=O) groups excluding carboxylic acids is 1. The highest BCUT2D eigenvalue weighted by molar-refractivity contribution is 9.10. The molecule has 2 aliphatic heterocycles. The Kier molecular flexibility index (Phi) is 3.99. The Morgan fingerprint density at radius 3 is 2.80 bits per heavy atom. The summed E-state index contributed by atoms with van der Waals surface area (Å²) in [6.07, 6.45) is 2.21. The number of aromatic nitrogens is 2.